The Kier molecular flexibility index (Phi) is 12.7. The second-order valence-electron chi connectivity index (χ2n) is 9.46. The highest BCUT2D eigenvalue weighted by Crippen LogP contribution is 2.46. The molecule has 1 aliphatic heterocycles. The number of methoxy groups -OCH3 is 1. The van der Waals surface area contributed by atoms with Gasteiger partial charge in [0.05, 0.1) is 30.2 Å². The number of hydrogen-bond acceptors (Lipinski definition) is 9. The number of alkyl halides is 6. The SMILES string of the molecule is CO/N=C(/C(=O)OC)c1ccccc1CO/N=C(\C)c1cccc(C(F)(F)F)c1.O=C1C2CC=CCC2C(=O)N1SC(Cl)(Cl)Cl. The van der Waals surface area contributed by atoms with Crippen molar-refractivity contribution in [3.8, 4) is 0 Å². The number of imide groups is 1. The van der Waals surface area contributed by atoms with Gasteiger partial charge in [0.2, 0.25) is 11.8 Å². The molecule has 2 unspecified atom stereocenters. The van der Waals surface area contributed by atoms with E-state index in [2.05, 4.69) is 10.3 Å². The fourth-order valence-electron chi connectivity index (χ4n) is 4.40. The molecule has 45 heavy (non-hydrogen) atoms. The second kappa shape index (κ2) is 15.8. The average Bonchev–Trinajstić information content (AvgIpc) is 3.23. The van der Waals surface area contributed by atoms with Crippen LogP contribution in [0.4, 0.5) is 13.2 Å². The van der Waals surface area contributed by atoms with Crippen LogP contribution in [-0.4, -0.2) is 50.9 Å². The van der Waals surface area contributed by atoms with Gasteiger partial charge in [0.25, 0.3) is 3.12 Å². The molecule has 2 aromatic carbocycles. The van der Waals surface area contributed by atoms with Gasteiger partial charge in [-0.1, -0.05) is 93.7 Å². The van der Waals surface area contributed by atoms with Crippen LogP contribution in [0.3, 0.4) is 0 Å². The standard InChI is InChI=1S/C20H19F3N2O4.C9H8Cl3NO2S/c1-13(14-8-6-9-16(11-14)20(21,22)23)24-29-12-15-7-4-5-10-17(15)18(25-28-3)19(26)27-2;10-9(11,12)16-13-7(14)5-3-1-2-4-6(5)8(13)15/h4-11H,12H2,1-3H3;1-2,5-6H,3-4H2/b24-13+,25-18+;. The molecule has 0 N–H and O–H groups in total. The zero-order chi connectivity index (χ0) is 33.4. The minimum atomic E-state index is -4.44. The van der Waals surface area contributed by atoms with Crippen LogP contribution in [0, 0.1) is 11.8 Å². The first-order valence-electron chi connectivity index (χ1n) is 13.1. The first-order valence-corrected chi connectivity index (χ1v) is 15.0. The number of carbonyl (C=O) groups excluding carboxylic acids is 3. The molecule has 16 heteroatoms. The van der Waals surface area contributed by atoms with E-state index in [1.807, 2.05) is 12.2 Å². The number of nitrogens with zero attached hydrogens (tertiary/aromatic N) is 3. The lowest BCUT2D eigenvalue weighted by Crippen LogP contribution is -2.26. The van der Waals surface area contributed by atoms with E-state index in [9.17, 15) is 27.6 Å². The minimum Gasteiger partial charge on any atom is -0.464 e. The van der Waals surface area contributed by atoms with E-state index >= 15 is 0 Å². The first-order chi connectivity index (χ1) is 21.2. The lowest BCUT2D eigenvalue weighted by molar-refractivity contribution is -0.137. The Hall–Kier alpha value is -3.26. The Morgan fingerprint density at radius 3 is 2.16 bits per heavy atom. The summed E-state index contributed by atoms with van der Waals surface area (Å²) in [5.74, 6) is -1.76. The van der Waals surface area contributed by atoms with E-state index in [-0.39, 0.29) is 47.2 Å². The molecule has 4 rings (SSSR count). The molecule has 0 radical (unpaired) electrons. The maximum Gasteiger partial charge on any atom is 0.416 e. The van der Waals surface area contributed by atoms with Gasteiger partial charge in [-0.25, -0.2) is 9.10 Å². The summed E-state index contributed by atoms with van der Waals surface area (Å²) in [6.45, 7) is 1.49. The van der Waals surface area contributed by atoms with Crippen LogP contribution in [0.2, 0.25) is 0 Å². The fraction of sp³-hybridized carbons (Fsp3) is 0.345. The van der Waals surface area contributed by atoms with E-state index in [4.69, 9.17) is 49.2 Å². The molecule has 9 nitrogen and oxygen atoms in total. The molecule has 1 heterocycles. The third-order valence-corrected chi connectivity index (χ3v) is 7.90. The van der Waals surface area contributed by atoms with Gasteiger partial charge in [0.1, 0.15) is 13.7 Å². The fourth-order valence-corrected chi connectivity index (χ4v) is 5.68. The van der Waals surface area contributed by atoms with Crippen LogP contribution in [0.25, 0.3) is 0 Å². The molecule has 2 aromatic rings. The highest BCUT2D eigenvalue weighted by atomic mass is 35.6. The zero-order valence-electron chi connectivity index (χ0n) is 24.0. The summed E-state index contributed by atoms with van der Waals surface area (Å²) in [7, 11) is 2.51. The predicted molar refractivity (Wildman–Crippen MR) is 166 cm³/mol. The van der Waals surface area contributed by atoms with Crippen molar-refractivity contribution < 1.29 is 42.0 Å². The first kappa shape index (κ1) is 36.2. The summed E-state index contributed by atoms with van der Waals surface area (Å²) < 4.78 is 42.6. The normalized spacial score (nSPS) is 18.6. The smallest absolute Gasteiger partial charge is 0.416 e. The number of carbonyl (C=O) groups is 3. The van der Waals surface area contributed by atoms with Crippen molar-refractivity contribution in [2.75, 3.05) is 14.2 Å². The molecule has 0 aromatic heterocycles. The molecule has 2 aliphatic rings. The summed E-state index contributed by atoms with van der Waals surface area (Å²) in [5, 5.41) is 7.58. The monoisotopic (exact) mass is 707 g/mol. The predicted octanol–water partition coefficient (Wildman–Crippen LogP) is 7.08. The number of ether oxygens (including phenoxy) is 1. The number of fused-ring (bicyclic) bond motifs is 1. The molecular formula is C29H27Cl3F3N3O6S. The molecule has 2 atom stereocenters. The van der Waals surface area contributed by atoms with Gasteiger partial charge in [-0.15, -0.1) is 0 Å². The molecule has 1 saturated heterocycles. The van der Waals surface area contributed by atoms with Gasteiger partial charge in [0.15, 0.2) is 5.71 Å². The van der Waals surface area contributed by atoms with E-state index in [1.165, 1.54) is 33.3 Å². The summed E-state index contributed by atoms with van der Waals surface area (Å²) in [6.07, 6.45) is 0.561. The number of benzene rings is 2. The van der Waals surface area contributed by atoms with Crippen molar-refractivity contribution in [3.05, 3.63) is 82.9 Å². The van der Waals surface area contributed by atoms with Crippen LogP contribution in [0.1, 0.15) is 42.0 Å². The van der Waals surface area contributed by atoms with Gasteiger partial charge in [-0.05, 0) is 37.5 Å². The van der Waals surface area contributed by atoms with Crippen LogP contribution in [0.5, 0.6) is 0 Å². The van der Waals surface area contributed by atoms with Crippen molar-refractivity contribution in [2.24, 2.45) is 22.1 Å². The van der Waals surface area contributed by atoms with Crippen molar-refractivity contribution in [2.45, 2.75) is 35.7 Å². The molecule has 1 fully saturated rings. The number of amides is 2. The Morgan fingerprint density at radius 1 is 0.978 bits per heavy atom. The second-order valence-corrected chi connectivity index (χ2v) is 13.6. The Labute approximate surface area is 276 Å². The Balaban J connectivity index is 0.000000289. The minimum absolute atomic E-state index is 0.0484. The quantitative estimate of drug-likeness (QED) is 0.0549. The maximum atomic E-state index is 12.9. The van der Waals surface area contributed by atoms with Crippen molar-refractivity contribution >= 4 is 76.0 Å². The average molecular weight is 709 g/mol. The van der Waals surface area contributed by atoms with E-state index < -0.39 is 20.8 Å². The molecular weight excluding hydrogens is 682 g/mol. The molecule has 0 spiro atoms. The number of allylic oxidation sites excluding steroid dienone is 2. The van der Waals surface area contributed by atoms with Gasteiger partial charge in [0, 0.05) is 23.1 Å². The van der Waals surface area contributed by atoms with Crippen LogP contribution in [0.15, 0.2) is 71.0 Å². The van der Waals surface area contributed by atoms with Crippen LogP contribution in [-0.2, 0) is 41.6 Å². The largest absolute Gasteiger partial charge is 0.464 e. The van der Waals surface area contributed by atoms with Gasteiger partial charge < -0.3 is 14.4 Å². The van der Waals surface area contributed by atoms with Gasteiger partial charge in [-0.2, -0.15) is 13.2 Å². The van der Waals surface area contributed by atoms with E-state index in [1.54, 1.807) is 24.3 Å². The molecule has 1 aliphatic carbocycles. The number of halogens is 6. The third-order valence-electron chi connectivity index (χ3n) is 6.52. The lowest BCUT2D eigenvalue weighted by atomic mass is 9.85. The summed E-state index contributed by atoms with van der Waals surface area (Å²) in [6, 6.07) is 11.5. The number of esters is 1. The van der Waals surface area contributed by atoms with Crippen LogP contribution < -0.4 is 0 Å². The number of hydrogen-bond donors (Lipinski definition) is 0. The Bertz CT molecular complexity index is 1470. The topological polar surface area (TPSA) is 107 Å². The molecule has 0 bridgehead atoms. The van der Waals surface area contributed by atoms with Gasteiger partial charge >= 0.3 is 12.1 Å². The highest BCUT2D eigenvalue weighted by Gasteiger charge is 2.50. The zero-order valence-corrected chi connectivity index (χ0v) is 27.1. The number of oxime groups is 2. The Morgan fingerprint density at radius 2 is 1.60 bits per heavy atom. The summed E-state index contributed by atoms with van der Waals surface area (Å²) in [4.78, 5) is 45.8. The van der Waals surface area contributed by atoms with Crippen LogP contribution >= 0.6 is 46.8 Å². The molecule has 242 valence electrons. The number of rotatable bonds is 8. The maximum absolute atomic E-state index is 12.9. The van der Waals surface area contributed by atoms with Crippen molar-refractivity contribution in [3.63, 3.8) is 0 Å². The third kappa shape index (κ3) is 9.86. The molecule has 2 amide bonds. The summed E-state index contributed by atoms with van der Waals surface area (Å²) >= 11 is 17.4. The van der Waals surface area contributed by atoms with Crippen molar-refractivity contribution in [1.82, 2.24) is 4.31 Å². The molecule has 0 saturated carbocycles. The van der Waals surface area contributed by atoms with E-state index in [0.717, 1.165) is 16.4 Å². The van der Waals surface area contributed by atoms with Crippen molar-refractivity contribution in [1.29, 1.82) is 0 Å². The highest BCUT2D eigenvalue weighted by molar-refractivity contribution is 8.03. The van der Waals surface area contributed by atoms with E-state index in [0.29, 0.717) is 35.9 Å². The summed E-state index contributed by atoms with van der Waals surface area (Å²) in [5.41, 5.74) is 0.722. The van der Waals surface area contributed by atoms with Gasteiger partial charge in [-0.3, -0.25) is 9.59 Å². The lowest BCUT2D eigenvalue weighted by Gasteiger charge is -2.17.